The number of hydrogen-bond acceptors (Lipinski definition) is 9. The normalized spacial score (nSPS) is 10.2. The minimum atomic E-state index is -1.08. The Balaban J connectivity index is 0.00000133. The van der Waals surface area contributed by atoms with Gasteiger partial charge in [-0.05, 0) is 50.9 Å². The van der Waals surface area contributed by atoms with E-state index in [-0.39, 0.29) is 44.5 Å². The zero-order chi connectivity index (χ0) is 20.7. The van der Waals surface area contributed by atoms with Crippen molar-refractivity contribution in [2.24, 2.45) is 5.10 Å². The molecule has 153 valence electrons. The number of aromatic amines is 1. The third kappa shape index (κ3) is 6.47. The number of carboxylic acid groups (broad SMARTS) is 1. The first-order valence-electron chi connectivity index (χ1n) is 7.47. The fourth-order valence-electron chi connectivity index (χ4n) is 1.86. The summed E-state index contributed by atoms with van der Waals surface area (Å²) < 4.78 is 11.2. The Bertz CT molecular complexity index is 957. The Morgan fingerprint density at radius 2 is 1.71 bits per heavy atom. The molecule has 1 aromatic carbocycles. The predicted octanol–water partition coefficient (Wildman–Crippen LogP) is -0.274. The molecule has 2 rings (SSSR count). The number of ether oxygens (including phenoxy) is 2. The van der Waals surface area contributed by atoms with Gasteiger partial charge in [-0.1, -0.05) is 0 Å². The van der Waals surface area contributed by atoms with Crippen LogP contribution in [0.4, 0.5) is 0 Å². The first-order valence-corrected chi connectivity index (χ1v) is 7.88. The van der Waals surface area contributed by atoms with Gasteiger partial charge in [0.15, 0.2) is 0 Å². The largest absolute Gasteiger partial charge is 2.00 e. The van der Waals surface area contributed by atoms with E-state index in [0.29, 0.717) is 11.3 Å². The molecule has 1 aromatic heterocycles. The van der Waals surface area contributed by atoms with Gasteiger partial charge in [0.25, 0.3) is 5.56 Å². The Labute approximate surface area is 176 Å². The van der Waals surface area contributed by atoms with E-state index in [1.165, 1.54) is 26.4 Å². The van der Waals surface area contributed by atoms with E-state index in [2.05, 4.69) is 15.3 Å². The number of carbonyl (C=O) groups is 1. The van der Waals surface area contributed by atoms with Crippen molar-refractivity contribution in [3.05, 3.63) is 38.5 Å². The van der Waals surface area contributed by atoms with Crippen LogP contribution in [0.15, 0.2) is 22.0 Å². The van der Waals surface area contributed by atoms with Gasteiger partial charge < -0.3 is 24.5 Å². The number of hydrogen-bond donors (Lipinski definition) is 1. The van der Waals surface area contributed by atoms with E-state index in [9.17, 15) is 9.90 Å². The van der Waals surface area contributed by atoms with Crippen LogP contribution in [-0.4, -0.2) is 40.8 Å². The first kappa shape index (κ1) is 25.3. The summed E-state index contributed by atoms with van der Waals surface area (Å²) in [6.45, 7) is 4.20. The smallest absolute Gasteiger partial charge is 0.867 e. The first-order chi connectivity index (χ1) is 12.6. The van der Waals surface area contributed by atoms with Gasteiger partial charge in [0.1, 0.15) is 17.2 Å². The molecule has 12 heteroatoms. The second-order valence-electron chi connectivity index (χ2n) is 5.12. The molecule has 0 aliphatic heterocycles. The van der Waals surface area contributed by atoms with Crippen LogP contribution in [0.1, 0.15) is 25.1 Å². The minimum Gasteiger partial charge on any atom is -0.867 e. The van der Waals surface area contributed by atoms with Crippen molar-refractivity contribution >= 4 is 23.9 Å². The summed E-state index contributed by atoms with van der Waals surface area (Å²) >= 11 is 5.02. The molecule has 0 aliphatic rings. The Kier molecular flexibility index (Phi) is 10.1. The van der Waals surface area contributed by atoms with Gasteiger partial charge in [-0.3, -0.25) is 9.89 Å². The maximum absolute atomic E-state index is 12.1. The number of benzene rings is 1. The van der Waals surface area contributed by atoms with Crippen molar-refractivity contribution in [3.63, 3.8) is 0 Å². The summed E-state index contributed by atoms with van der Waals surface area (Å²) in [5.74, 6) is -1.20. The second kappa shape index (κ2) is 11.2. The average molecular weight is 453 g/mol. The standard InChI is InChI=1S/C14H16N4O4S.C2H4O2.Co/c1-7(17-18-13(20)8(2)15-16-14(18)23)9-5-10(21-3)12(19)11(6-9)22-4;1-2(3)4;/h5-6,19H,1-4H3,(H,16,23);1H3,(H,3,4);/q;;+2/p-2. The van der Waals surface area contributed by atoms with Crippen LogP contribution in [0.2, 0.25) is 0 Å². The van der Waals surface area contributed by atoms with Crippen LogP contribution >= 0.6 is 12.2 Å². The molecule has 0 aliphatic carbocycles. The van der Waals surface area contributed by atoms with Gasteiger partial charge in [0.2, 0.25) is 4.77 Å². The summed E-state index contributed by atoms with van der Waals surface area (Å²) in [6.07, 6.45) is 0. The van der Waals surface area contributed by atoms with Crippen LogP contribution < -0.4 is 25.2 Å². The van der Waals surface area contributed by atoms with Crippen LogP contribution in [0.5, 0.6) is 17.2 Å². The Morgan fingerprint density at radius 1 is 1.25 bits per heavy atom. The molecule has 1 heterocycles. The summed E-state index contributed by atoms with van der Waals surface area (Å²) in [5.41, 5.74) is 0.829. The van der Waals surface area contributed by atoms with E-state index in [1.54, 1.807) is 13.8 Å². The molecule has 1 radical (unpaired) electrons. The summed E-state index contributed by atoms with van der Waals surface area (Å²) in [5, 5.41) is 31.3. The monoisotopic (exact) mass is 453 g/mol. The topological polar surface area (TPSA) is 145 Å². The fraction of sp³-hybridized carbons (Fsp3) is 0.312. The number of nitrogens with one attached hydrogen (secondary N) is 1. The summed E-state index contributed by atoms with van der Waals surface area (Å²) in [7, 11) is 2.78. The van der Waals surface area contributed by atoms with Crippen molar-refractivity contribution in [1.29, 1.82) is 0 Å². The second-order valence-corrected chi connectivity index (χ2v) is 5.50. The van der Waals surface area contributed by atoms with Crippen molar-refractivity contribution in [3.8, 4) is 17.2 Å². The Morgan fingerprint density at radius 3 is 2.14 bits per heavy atom. The van der Waals surface area contributed by atoms with E-state index in [0.717, 1.165) is 11.6 Å². The van der Waals surface area contributed by atoms with Crippen LogP contribution in [0.3, 0.4) is 0 Å². The average Bonchev–Trinajstić information content (AvgIpc) is 2.61. The third-order valence-corrected chi connectivity index (χ3v) is 3.41. The number of aromatic nitrogens is 3. The molecule has 10 nitrogen and oxygen atoms in total. The maximum Gasteiger partial charge on any atom is 2.00 e. The van der Waals surface area contributed by atoms with E-state index in [4.69, 9.17) is 31.6 Å². The molecular formula is C16H18CoN4O6S. The van der Waals surface area contributed by atoms with E-state index in [1.807, 2.05) is 0 Å². The van der Waals surface area contributed by atoms with Crippen LogP contribution in [0.25, 0.3) is 0 Å². The van der Waals surface area contributed by atoms with Crippen molar-refractivity contribution in [1.82, 2.24) is 14.9 Å². The van der Waals surface area contributed by atoms with Crippen LogP contribution in [0, 0.1) is 11.7 Å². The molecular weight excluding hydrogens is 435 g/mol. The van der Waals surface area contributed by atoms with Crippen molar-refractivity contribution < 1.29 is 41.3 Å². The molecule has 0 unspecified atom stereocenters. The Hall–Kier alpha value is -2.70. The van der Waals surface area contributed by atoms with E-state index >= 15 is 0 Å². The summed E-state index contributed by atoms with van der Waals surface area (Å²) in [6, 6.07) is 3.05. The molecule has 28 heavy (non-hydrogen) atoms. The third-order valence-electron chi connectivity index (χ3n) is 3.14. The number of rotatable bonds is 4. The van der Waals surface area contributed by atoms with Crippen molar-refractivity contribution in [2.75, 3.05) is 14.2 Å². The number of methoxy groups -OCH3 is 2. The van der Waals surface area contributed by atoms with E-state index < -0.39 is 11.5 Å². The molecule has 2 aromatic rings. The zero-order valence-corrected chi connectivity index (χ0v) is 17.5. The fourth-order valence-corrected chi connectivity index (χ4v) is 2.03. The number of carboxylic acids is 1. The maximum atomic E-state index is 12.1. The van der Waals surface area contributed by atoms with Gasteiger partial charge in [-0.25, -0.2) is 0 Å². The molecule has 0 saturated carbocycles. The quantitative estimate of drug-likeness (QED) is 0.492. The molecule has 0 bridgehead atoms. The van der Waals surface area contributed by atoms with Gasteiger partial charge in [0.05, 0.1) is 19.9 Å². The SMILES string of the molecule is CC(=O)[O-].COc1cc(C(C)=Nn2c(=S)[nH]nc(C)c2=O)cc(OC)c1[O-].[Co+2]. The van der Waals surface area contributed by atoms with Gasteiger partial charge >= 0.3 is 16.8 Å². The molecule has 0 fully saturated rings. The number of aryl methyl sites for hydroxylation is 1. The van der Waals surface area contributed by atoms with Gasteiger partial charge in [-0.2, -0.15) is 14.9 Å². The van der Waals surface area contributed by atoms with Gasteiger partial charge in [0, 0.05) is 11.5 Å². The van der Waals surface area contributed by atoms with Crippen LogP contribution in [-0.2, 0) is 21.6 Å². The molecule has 1 N–H and O–H groups in total. The van der Waals surface area contributed by atoms with Crippen molar-refractivity contribution in [2.45, 2.75) is 20.8 Å². The molecule has 0 amide bonds. The number of aliphatic carboxylic acids is 1. The van der Waals surface area contributed by atoms with Gasteiger partial charge in [-0.15, -0.1) is 0 Å². The number of nitrogens with zero attached hydrogens (tertiary/aromatic N) is 3. The molecule has 0 spiro atoms. The summed E-state index contributed by atoms with van der Waals surface area (Å²) in [4.78, 5) is 21.0. The minimum absolute atomic E-state index is 0. The molecule has 0 saturated heterocycles. The molecule has 0 atom stereocenters. The predicted molar refractivity (Wildman–Crippen MR) is 95.7 cm³/mol. The number of carbonyl (C=O) groups excluding carboxylic acids is 1. The number of H-pyrrole nitrogens is 1. The zero-order valence-electron chi connectivity index (χ0n) is 15.7.